The van der Waals surface area contributed by atoms with Gasteiger partial charge < -0.3 is 15.4 Å². The van der Waals surface area contributed by atoms with Gasteiger partial charge in [-0.3, -0.25) is 4.79 Å². The Balaban J connectivity index is 2.03. The van der Waals surface area contributed by atoms with Crippen molar-refractivity contribution in [2.45, 2.75) is 25.4 Å². The number of rotatable bonds is 7. The van der Waals surface area contributed by atoms with Crippen LogP contribution in [0.1, 0.15) is 19.3 Å². The molecule has 1 fully saturated rings. The number of sulfonamides is 1. The van der Waals surface area contributed by atoms with Crippen LogP contribution in [0.15, 0.2) is 0 Å². The first-order valence-electron chi connectivity index (χ1n) is 6.07. The Bertz CT molecular complexity index is 352. The normalized spacial score (nSPS) is 17.6. The molecule has 0 saturated carbocycles. The fraction of sp³-hybridized carbons (Fsp3) is 0.900. The molecule has 0 spiro atoms. The Morgan fingerprint density at radius 3 is 2.67 bits per heavy atom. The number of ether oxygens (including phenoxy) is 1. The first-order chi connectivity index (χ1) is 8.47. The van der Waals surface area contributed by atoms with Gasteiger partial charge in [0.15, 0.2) is 0 Å². The van der Waals surface area contributed by atoms with Crippen molar-refractivity contribution in [1.29, 1.82) is 0 Å². The van der Waals surface area contributed by atoms with E-state index in [2.05, 4.69) is 10.6 Å². The molecule has 18 heavy (non-hydrogen) atoms. The van der Waals surface area contributed by atoms with Crippen molar-refractivity contribution in [2.24, 2.45) is 5.14 Å². The first kappa shape index (κ1) is 15.4. The molecule has 1 aliphatic heterocycles. The van der Waals surface area contributed by atoms with Crippen molar-refractivity contribution in [3.8, 4) is 0 Å². The Hall–Kier alpha value is -0.700. The highest BCUT2D eigenvalue weighted by Crippen LogP contribution is 2.06. The third-order valence-electron chi connectivity index (χ3n) is 2.66. The maximum atomic E-state index is 11.4. The molecule has 0 bridgehead atoms. The van der Waals surface area contributed by atoms with Gasteiger partial charge in [0.25, 0.3) is 0 Å². The molecule has 0 unspecified atom stereocenters. The van der Waals surface area contributed by atoms with Crippen LogP contribution in [0.3, 0.4) is 0 Å². The molecule has 1 amide bonds. The van der Waals surface area contributed by atoms with Crippen LogP contribution in [0.25, 0.3) is 0 Å². The van der Waals surface area contributed by atoms with Crippen molar-refractivity contribution >= 4 is 15.9 Å². The second-order valence-corrected chi connectivity index (χ2v) is 6.06. The van der Waals surface area contributed by atoms with Crippen LogP contribution in [0.4, 0.5) is 0 Å². The lowest BCUT2D eigenvalue weighted by molar-refractivity contribution is -0.128. The van der Waals surface area contributed by atoms with E-state index in [0.717, 1.165) is 25.9 Å². The number of nitrogens with two attached hydrogens (primary N) is 1. The third-order valence-corrected chi connectivity index (χ3v) is 3.52. The van der Waals surface area contributed by atoms with Gasteiger partial charge in [-0.1, -0.05) is 0 Å². The zero-order chi connectivity index (χ0) is 13.4. The van der Waals surface area contributed by atoms with Crippen molar-refractivity contribution < 1.29 is 17.9 Å². The average Bonchev–Trinajstić information content (AvgIpc) is 2.32. The number of carbonyl (C=O) groups excluding carboxylic acids is 1. The predicted molar refractivity (Wildman–Crippen MR) is 67.4 cm³/mol. The smallest absolute Gasteiger partial charge is 0.246 e. The monoisotopic (exact) mass is 279 g/mol. The lowest BCUT2D eigenvalue weighted by atomic mass is 10.1. The lowest BCUT2D eigenvalue weighted by Crippen LogP contribution is -2.36. The van der Waals surface area contributed by atoms with Crippen LogP contribution in [-0.4, -0.2) is 52.4 Å². The van der Waals surface area contributed by atoms with Crippen LogP contribution in [0.2, 0.25) is 0 Å². The summed E-state index contributed by atoms with van der Waals surface area (Å²) < 4.78 is 26.7. The van der Waals surface area contributed by atoms with Crippen molar-refractivity contribution in [2.75, 3.05) is 32.0 Å². The van der Waals surface area contributed by atoms with Crippen molar-refractivity contribution in [1.82, 2.24) is 10.6 Å². The van der Waals surface area contributed by atoms with Gasteiger partial charge in [0.2, 0.25) is 15.9 Å². The van der Waals surface area contributed by atoms with E-state index in [4.69, 9.17) is 9.88 Å². The van der Waals surface area contributed by atoms with Gasteiger partial charge in [-0.05, 0) is 32.4 Å². The van der Waals surface area contributed by atoms with E-state index in [1.54, 1.807) is 0 Å². The number of hydrogen-bond acceptors (Lipinski definition) is 5. The summed E-state index contributed by atoms with van der Waals surface area (Å²) in [5.41, 5.74) is 0. The van der Waals surface area contributed by atoms with Gasteiger partial charge >= 0.3 is 0 Å². The van der Waals surface area contributed by atoms with E-state index < -0.39 is 10.0 Å². The maximum absolute atomic E-state index is 11.4. The molecular formula is C10H21N3O4S. The number of primary sulfonamides is 1. The standard InChI is InChI=1S/C10H21N3O4S/c11-18(15,16)7-1-4-13-10(14)8-17-9-2-5-12-6-3-9/h9,12H,1-8H2,(H,13,14)(H2,11,15,16). The summed E-state index contributed by atoms with van der Waals surface area (Å²) in [6.45, 7) is 2.16. The fourth-order valence-electron chi connectivity index (χ4n) is 1.71. The molecule has 0 aliphatic carbocycles. The lowest BCUT2D eigenvalue weighted by Gasteiger charge is -2.22. The maximum Gasteiger partial charge on any atom is 0.246 e. The number of nitrogens with one attached hydrogen (secondary N) is 2. The molecule has 0 aromatic carbocycles. The molecule has 1 rings (SSSR count). The minimum Gasteiger partial charge on any atom is -0.368 e. The number of carbonyl (C=O) groups is 1. The van der Waals surface area contributed by atoms with E-state index in [0.29, 0.717) is 13.0 Å². The summed E-state index contributed by atoms with van der Waals surface area (Å²) in [6.07, 6.45) is 2.29. The van der Waals surface area contributed by atoms with Gasteiger partial charge in [-0.2, -0.15) is 0 Å². The minimum atomic E-state index is -3.44. The molecule has 0 radical (unpaired) electrons. The highest BCUT2D eigenvalue weighted by molar-refractivity contribution is 7.89. The molecule has 106 valence electrons. The van der Waals surface area contributed by atoms with E-state index >= 15 is 0 Å². The van der Waals surface area contributed by atoms with Crippen LogP contribution in [0, 0.1) is 0 Å². The zero-order valence-electron chi connectivity index (χ0n) is 10.4. The van der Waals surface area contributed by atoms with Crippen LogP contribution < -0.4 is 15.8 Å². The molecule has 0 aromatic rings. The Kier molecular flexibility index (Phi) is 6.55. The van der Waals surface area contributed by atoms with E-state index in [-0.39, 0.29) is 24.4 Å². The van der Waals surface area contributed by atoms with Gasteiger partial charge in [0.05, 0.1) is 11.9 Å². The van der Waals surface area contributed by atoms with Crippen LogP contribution in [0.5, 0.6) is 0 Å². The molecule has 4 N–H and O–H groups in total. The Morgan fingerprint density at radius 2 is 2.06 bits per heavy atom. The first-order valence-corrected chi connectivity index (χ1v) is 7.78. The summed E-state index contributed by atoms with van der Waals surface area (Å²) >= 11 is 0. The molecule has 8 heteroatoms. The van der Waals surface area contributed by atoms with Gasteiger partial charge in [-0.15, -0.1) is 0 Å². The molecule has 1 saturated heterocycles. The fourth-order valence-corrected chi connectivity index (χ4v) is 2.25. The van der Waals surface area contributed by atoms with Crippen molar-refractivity contribution in [3.63, 3.8) is 0 Å². The molecule has 7 nitrogen and oxygen atoms in total. The number of hydrogen-bond donors (Lipinski definition) is 3. The quantitative estimate of drug-likeness (QED) is 0.494. The highest BCUT2D eigenvalue weighted by atomic mass is 32.2. The molecule has 0 atom stereocenters. The molecule has 1 heterocycles. The average molecular weight is 279 g/mol. The highest BCUT2D eigenvalue weighted by Gasteiger charge is 2.14. The largest absolute Gasteiger partial charge is 0.368 e. The van der Waals surface area contributed by atoms with Crippen molar-refractivity contribution in [3.05, 3.63) is 0 Å². The van der Waals surface area contributed by atoms with Gasteiger partial charge in [0, 0.05) is 6.54 Å². The summed E-state index contributed by atoms with van der Waals surface area (Å²) in [6, 6.07) is 0. The summed E-state index contributed by atoms with van der Waals surface area (Å²) in [5.74, 6) is -0.342. The molecular weight excluding hydrogens is 258 g/mol. The summed E-state index contributed by atoms with van der Waals surface area (Å²) in [7, 11) is -3.44. The Labute approximate surface area is 107 Å². The number of amides is 1. The van der Waals surface area contributed by atoms with E-state index in [1.807, 2.05) is 0 Å². The van der Waals surface area contributed by atoms with Crippen LogP contribution in [-0.2, 0) is 19.6 Å². The minimum absolute atomic E-state index is 0.0278. The topological polar surface area (TPSA) is 111 Å². The van der Waals surface area contributed by atoms with Crippen LogP contribution >= 0.6 is 0 Å². The van der Waals surface area contributed by atoms with Gasteiger partial charge in [-0.25, -0.2) is 13.6 Å². The predicted octanol–water partition coefficient (Wildman–Crippen LogP) is -1.45. The summed E-state index contributed by atoms with van der Waals surface area (Å²) in [4.78, 5) is 11.4. The number of piperidine rings is 1. The van der Waals surface area contributed by atoms with Gasteiger partial charge in [0.1, 0.15) is 6.61 Å². The Morgan fingerprint density at radius 1 is 1.39 bits per heavy atom. The third kappa shape index (κ3) is 7.59. The molecule has 0 aromatic heterocycles. The SMILES string of the molecule is NS(=O)(=O)CCCNC(=O)COC1CCNCC1. The van der Waals surface area contributed by atoms with E-state index in [9.17, 15) is 13.2 Å². The second kappa shape index (κ2) is 7.67. The molecule has 1 aliphatic rings. The summed E-state index contributed by atoms with van der Waals surface area (Å²) in [5, 5.41) is 10.6. The van der Waals surface area contributed by atoms with E-state index in [1.165, 1.54) is 0 Å². The second-order valence-electron chi connectivity index (χ2n) is 4.33. The zero-order valence-corrected chi connectivity index (χ0v) is 11.2.